The molecule has 0 aliphatic rings. The number of carbonyl (C=O) groups is 12. The van der Waals surface area contributed by atoms with Crippen molar-refractivity contribution in [2.45, 2.75) is 77.5 Å². The largest absolute Gasteiger partial charge is 1.00 e. The van der Waals surface area contributed by atoms with Crippen LogP contribution in [0.3, 0.4) is 0 Å². The zero-order chi connectivity index (χ0) is 38.9. The number of aliphatic carboxylic acids is 4. The van der Waals surface area contributed by atoms with Gasteiger partial charge in [-0.1, -0.05) is 0 Å². The first-order valence-electron chi connectivity index (χ1n) is 12.5. The predicted octanol–water partition coefficient (Wildman–Crippen LogP) is -8.76. The Labute approximate surface area is 307 Å². The maximum absolute atomic E-state index is 10.7. The van der Waals surface area contributed by atoms with Crippen LogP contribution in [0.5, 0.6) is 0 Å². The number of carboxylic acid groups (broad SMARTS) is 4. The molecule has 11 N–H and O–H groups in total. The maximum atomic E-state index is 10.7. The molecule has 0 rings (SSSR count). The van der Waals surface area contributed by atoms with E-state index in [0.29, 0.717) is 0 Å². The fraction of sp³-hybridized carbons (Fsp3) is 0.500. The van der Waals surface area contributed by atoms with E-state index in [1.807, 2.05) is 0 Å². The summed E-state index contributed by atoms with van der Waals surface area (Å²) in [7, 11) is 0. The summed E-state index contributed by atoms with van der Waals surface area (Å²) in [5.74, 6) is -12.5. The van der Waals surface area contributed by atoms with Gasteiger partial charge < -0.3 is 67.1 Å². The van der Waals surface area contributed by atoms with Crippen molar-refractivity contribution < 1.29 is 126 Å². The van der Waals surface area contributed by atoms with Gasteiger partial charge in [0.05, 0.1) is 19.3 Å². The molecule has 0 heterocycles. The van der Waals surface area contributed by atoms with Gasteiger partial charge in [0.25, 0.3) is 0 Å². The molecule has 0 spiro atoms. The van der Waals surface area contributed by atoms with Crippen LogP contribution in [0.2, 0.25) is 0 Å². The first kappa shape index (κ1) is 57.9. The van der Waals surface area contributed by atoms with Crippen molar-refractivity contribution >= 4 is 81.5 Å². The molecular formula is C24H38N4NaO20P. The van der Waals surface area contributed by atoms with Crippen LogP contribution in [0, 0.1) is 0 Å². The van der Waals surface area contributed by atoms with Gasteiger partial charge in [0.2, 0.25) is 0 Å². The molecule has 0 saturated carbocycles. The summed E-state index contributed by atoms with van der Waals surface area (Å²) in [6.45, 7) is 4.12. The number of carbonyl (C=O) groups excluding carboxylic acids is 9. The number of hydrogen-bond donors (Lipinski definition) is 7. The van der Waals surface area contributed by atoms with Crippen LogP contribution in [-0.2, 0) is 76.5 Å². The summed E-state index contributed by atoms with van der Waals surface area (Å²) in [6.07, 6.45) is -2.31. The quantitative estimate of drug-likeness (QED) is 0.0319. The first-order chi connectivity index (χ1) is 21.7. The Morgan fingerprint density at radius 2 is 0.620 bits per heavy atom. The molecule has 0 radical (unpaired) electrons. The normalized spacial score (nSPS) is 11.4. The van der Waals surface area contributed by atoms with Gasteiger partial charge in [0.15, 0.2) is 0 Å². The summed E-state index contributed by atoms with van der Waals surface area (Å²) in [4.78, 5) is 123. The minimum atomic E-state index is -1.47. The van der Waals surface area contributed by atoms with Crippen molar-refractivity contribution in [1.29, 1.82) is 0 Å². The van der Waals surface area contributed by atoms with E-state index in [2.05, 4.69) is 18.9 Å². The van der Waals surface area contributed by atoms with Crippen molar-refractivity contribution in [2.75, 3.05) is 0 Å². The first-order valence-corrected chi connectivity index (χ1v) is 12.5. The van der Waals surface area contributed by atoms with Crippen LogP contribution in [0.15, 0.2) is 0 Å². The molecule has 50 heavy (non-hydrogen) atoms. The SMILES string of the molecule is CC(=O)OC(=O)C(N)CC(=O)O.CC(=O)OC(=O)C(N)CC(=O)O.CC(=O)OC(=O)C(N)CC(=O)O.CC(=O)OC(=O)C(N)CC(=O)[O-].P.[Na+]. The van der Waals surface area contributed by atoms with Crippen LogP contribution in [-0.4, -0.2) is 111 Å². The van der Waals surface area contributed by atoms with Crippen molar-refractivity contribution in [3.05, 3.63) is 0 Å². The second kappa shape index (κ2) is 31.9. The monoisotopic (exact) mass is 756 g/mol. The van der Waals surface area contributed by atoms with Crippen LogP contribution >= 0.6 is 9.90 Å². The van der Waals surface area contributed by atoms with Crippen molar-refractivity contribution in [3.63, 3.8) is 0 Å². The number of esters is 8. The Balaban J connectivity index is -0.000000127. The fourth-order valence-corrected chi connectivity index (χ4v) is 1.95. The van der Waals surface area contributed by atoms with E-state index in [-0.39, 0.29) is 39.5 Å². The summed E-state index contributed by atoms with van der Waals surface area (Å²) >= 11 is 0. The minimum Gasteiger partial charge on any atom is -0.550 e. The minimum absolute atomic E-state index is 0. The zero-order valence-corrected chi connectivity index (χ0v) is 30.9. The molecule has 0 aliphatic carbocycles. The Morgan fingerprint density at radius 3 is 0.740 bits per heavy atom. The molecule has 5 unspecified atom stereocenters. The van der Waals surface area contributed by atoms with Crippen molar-refractivity contribution in [1.82, 2.24) is 0 Å². The van der Waals surface area contributed by atoms with Crippen LogP contribution in [0.25, 0.3) is 0 Å². The molecule has 5 atom stereocenters. The van der Waals surface area contributed by atoms with E-state index in [4.69, 9.17) is 38.3 Å². The molecule has 280 valence electrons. The zero-order valence-electron chi connectivity index (χ0n) is 27.4. The smallest absolute Gasteiger partial charge is 0.550 e. The van der Waals surface area contributed by atoms with E-state index < -0.39 is 121 Å². The van der Waals surface area contributed by atoms with E-state index >= 15 is 0 Å². The Morgan fingerprint density at radius 1 is 0.460 bits per heavy atom. The molecule has 26 heteroatoms. The van der Waals surface area contributed by atoms with E-state index in [9.17, 15) is 62.6 Å². The van der Waals surface area contributed by atoms with Crippen LogP contribution < -0.4 is 57.6 Å². The maximum Gasteiger partial charge on any atom is 1.00 e. The average Bonchev–Trinajstić information content (AvgIpc) is 2.86. The van der Waals surface area contributed by atoms with Gasteiger partial charge in [-0.3, -0.25) is 33.6 Å². The Bertz CT molecular complexity index is 1050. The topological polar surface area (TPSA) is 430 Å². The molecule has 24 nitrogen and oxygen atoms in total. The molecule has 0 aromatic carbocycles. The Kier molecular flexibility index (Phi) is 37.0. The third-order valence-corrected chi connectivity index (χ3v) is 3.76. The standard InChI is InChI=1S/4C6H9NO5.Na.H3P/c4*1-3(8)12-6(11)4(7)2-5(9)10;;/h4*4H,2,7H2,1H3,(H,9,10);;1H3/q;;;;+1;/p-1. The molecule has 0 aliphatic heterocycles. The molecule has 0 aromatic heterocycles. The van der Waals surface area contributed by atoms with Gasteiger partial charge >= 0.3 is 95.2 Å². The number of hydrogen-bond acceptors (Lipinski definition) is 21. The third-order valence-electron chi connectivity index (χ3n) is 3.76. The number of ether oxygens (including phenoxy) is 4. The summed E-state index contributed by atoms with van der Waals surface area (Å²) in [6, 6.07) is -5.21. The van der Waals surface area contributed by atoms with Gasteiger partial charge in [-0.25, -0.2) is 19.2 Å². The van der Waals surface area contributed by atoms with Gasteiger partial charge in [-0.15, -0.1) is 0 Å². The van der Waals surface area contributed by atoms with E-state index in [0.717, 1.165) is 27.7 Å². The van der Waals surface area contributed by atoms with Gasteiger partial charge in [0, 0.05) is 40.1 Å². The second-order valence-corrected chi connectivity index (χ2v) is 8.45. The van der Waals surface area contributed by atoms with Crippen LogP contribution in [0.4, 0.5) is 0 Å². The second-order valence-electron chi connectivity index (χ2n) is 8.45. The predicted molar refractivity (Wildman–Crippen MR) is 156 cm³/mol. The van der Waals surface area contributed by atoms with Gasteiger partial charge in [0.1, 0.15) is 24.2 Å². The summed E-state index contributed by atoms with van der Waals surface area (Å²) < 4.78 is 16.2. The molecule has 0 saturated heterocycles. The third kappa shape index (κ3) is 41.7. The fourth-order valence-electron chi connectivity index (χ4n) is 1.95. The van der Waals surface area contributed by atoms with Crippen LogP contribution in [0.1, 0.15) is 53.4 Å². The van der Waals surface area contributed by atoms with Gasteiger partial charge in [-0.2, -0.15) is 9.90 Å². The average molecular weight is 757 g/mol. The molecular weight excluding hydrogens is 718 g/mol. The molecule has 0 fully saturated rings. The van der Waals surface area contributed by atoms with Gasteiger partial charge in [-0.05, 0) is 0 Å². The Hall–Kier alpha value is -4.29. The van der Waals surface area contributed by atoms with E-state index in [1.165, 1.54) is 0 Å². The summed E-state index contributed by atoms with van der Waals surface area (Å²) in [5.41, 5.74) is 20.2. The van der Waals surface area contributed by atoms with E-state index in [1.54, 1.807) is 0 Å². The molecule has 0 aromatic rings. The van der Waals surface area contributed by atoms with Crippen molar-refractivity contribution in [2.24, 2.45) is 22.9 Å². The molecule has 0 bridgehead atoms. The number of rotatable bonds is 12. The number of nitrogens with two attached hydrogens (primary N) is 4. The summed E-state index contributed by atoms with van der Waals surface area (Å²) in [5, 5.41) is 34.5. The number of carboxylic acids is 4. The van der Waals surface area contributed by atoms with Crippen molar-refractivity contribution in [3.8, 4) is 0 Å². The molecule has 0 amide bonds.